The molecule has 0 saturated carbocycles. The van der Waals surface area contributed by atoms with Crippen LogP contribution < -0.4 is 16.8 Å². The highest BCUT2D eigenvalue weighted by atomic mass is 35.5. The van der Waals surface area contributed by atoms with Crippen molar-refractivity contribution in [3.63, 3.8) is 0 Å². The Morgan fingerprint density at radius 3 is 2.93 bits per heavy atom. The van der Waals surface area contributed by atoms with Gasteiger partial charge in [0.25, 0.3) is 0 Å². The molecule has 1 amide bonds. The van der Waals surface area contributed by atoms with Crippen molar-refractivity contribution >= 4 is 29.0 Å². The van der Waals surface area contributed by atoms with Crippen molar-refractivity contribution in [3.05, 3.63) is 11.5 Å². The topological polar surface area (TPSA) is 107 Å². The first-order valence-corrected chi connectivity index (χ1v) is 4.27. The van der Waals surface area contributed by atoms with Crippen LogP contribution in [0, 0.1) is 0 Å². The first kappa shape index (κ1) is 10.5. The lowest BCUT2D eigenvalue weighted by molar-refractivity contribution is -0.117. The molecule has 0 radical (unpaired) electrons. The fourth-order valence-electron chi connectivity index (χ4n) is 0.819. The van der Waals surface area contributed by atoms with Crippen LogP contribution in [0.2, 0.25) is 5.15 Å². The standard InChI is InChI=1S/C7H10ClN5O/c8-6-5(10)7(13-3-12-6)11-2-1-4(9)14/h3H,1-2,10H2,(H2,9,14)(H,11,12,13). The summed E-state index contributed by atoms with van der Waals surface area (Å²) in [6.45, 7) is 0.368. The van der Waals surface area contributed by atoms with Gasteiger partial charge in [0.15, 0.2) is 11.0 Å². The average molecular weight is 216 g/mol. The maximum atomic E-state index is 10.4. The summed E-state index contributed by atoms with van der Waals surface area (Å²) in [5.74, 6) is 0.0162. The van der Waals surface area contributed by atoms with E-state index in [1.54, 1.807) is 0 Å². The van der Waals surface area contributed by atoms with Crippen LogP contribution in [0.15, 0.2) is 6.33 Å². The number of carbonyl (C=O) groups is 1. The Morgan fingerprint density at radius 2 is 2.29 bits per heavy atom. The number of aromatic nitrogens is 2. The molecule has 0 atom stereocenters. The van der Waals surface area contributed by atoms with Crippen LogP contribution in [0.5, 0.6) is 0 Å². The molecule has 0 spiro atoms. The third kappa shape index (κ3) is 2.74. The van der Waals surface area contributed by atoms with Gasteiger partial charge in [-0.05, 0) is 0 Å². The van der Waals surface area contributed by atoms with Crippen molar-refractivity contribution in [1.82, 2.24) is 9.97 Å². The Hall–Kier alpha value is -1.56. The summed E-state index contributed by atoms with van der Waals surface area (Å²) in [5.41, 5.74) is 10.8. The van der Waals surface area contributed by atoms with Crippen LogP contribution in [0.4, 0.5) is 11.5 Å². The molecule has 5 N–H and O–H groups in total. The van der Waals surface area contributed by atoms with Gasteiger partial charge in [0.2, 0.25) is 5.91 Å². The first-order valence-electron chi connectivity index (χ1n) is 3.89. The highest BCUT2D eigenvalue weighted by Gasteiger charge is 2.04. The quantitative estimate of drug-likeness (QED) is 0.613. The summed E-state index contributed by atoms with van der Waals surface area (Å²) in [6.07, 6.45) is 1.49. The molecule has 0 aliphatic rings. The number of nitrogen functional groups attached to an aromatic ring is 1. The predicted molar refractivity (Wildman–Crippen MR) is 53.8 cm³/mol. The number of primary amides is 1. The van der Waals surface area contributed by atoms with Crippen molar-refractivity contribution in [1.29, 1.82) is 0 Å². The molecule has 76 valence electrons. The summed E-state index contributed by atoms with van der Waals surface area (Å²) < 4.78 is 0. The van der Waals surface area contributed by atoms with Gasteiger partial charge in [-0.2, -0.15) is 0 Å². The number of hydrogen-bond donors (Lipinski definition) is 3. The lowest BCUT2D eigenvalue weighted by Gasteiger charge is -2.06. The number of carbonyl (C=O) groups excluding carboxylic acids is 1. The molecule has 1 aromatic rings. The van der Waals surface area contributed by atoms with E-state index >= 15 is 0 Å². The van der Waals surface area contributed by atoms with Gasteiger partial charge in [-0.25, -0.2) is 9.97 Å². The normalized spacial score (nSPS) is 9.79. The average Bonchev–Trinajstić information content (AvgIpc) is 2.12. The number of nitrogens with two attached hydrogens (primary N) is 2. The lowest BCUT2D eigenvalue weighted by Crippen LogP contribution is -2.16. The van der Waals surface area contributed by atoms with Gasteiger partial charge in [-0.1, -0.05) is 11.6 Å². The van der Waals surface area contributed by atoms with E-state index in [9.17, 15) is 4.79 Å². The second-order valence-electron chi connectivity index (χ2n) is 2.57. The fourth-order valence-corrected chi connectivity index (χ4v) is 0.952. The predicted octanol–water partition coefficient (Wildman–Crippen LogP) is -0.000500. The molecule has 0 aliphatic carbocycles. The largest absolute Gasteiger partial charge is 0.393 e. The van der Waals surface area contributed by atoms with E-state index in [2.05, 4.69) is 15.3 Å². The monoisotopic (exact) mass is 215 g/mol. The summed E-state index contributed by atoms with van der Waals surface area (Å²) in [4.78, 5) is 18.0. The number of anilines is 2. The summed E-state index contributed by atoms with van der Waals surface area (Å²) in [7, 11) is 0. The number of rotatable bonds is 4. The first-order chi connectivity index (χ1) is 6.61. The third-order valence-electron chi connectivity index (χ3n) is 1.50. The molecule has 0 unspecified atom stereocenters. The number of nitrogens with one attached hydrogen (secondary N) is 1. The molecule has 0 fully saturated rings. The second kappa shape index (κ2) is 4.61. The van der Waals surface area contributed by atoms with Gasteiger partial charge >= 0.3 is 0 Å². The minimum atomic E-state index is -0.392. The number of hydrogen-bond acceptors (Lipinski definition) is 5. The van der Waals surface area contributed by atoms with Crippen LogP contribution in [0.25, 0.3) is 0 Å². The SMILES string of the molecule is NC(=O)CCNc1ncnc(Cl)c1N. The van der Waals surface area contributed by atoms with Crippen molar-refractivity contribution in [2.24, 2.45) is 5.73 Å². The van der Waals surface area contributed by atoms with Gasteiger partial charge in [0, 0.05) is 13.0 Å². The zero-order chi connectivity index (χ0) is 10.6. The minimum absolute atomic E-state index is 0.182. The molecule has 6 nitrogen and oxygen atoms in total. The van der Waals surface area contributed by atoms with E-state index in [0.29, 0.717) is 12.4 Å². The van der Waals surface area contributed by atoms with Gasteiger partial charge in [0.1, 0.15) is 12.0 Å². The van der Waals surface area contributed by atoms with E-state index in [1.807, 2.05) is 0 Å². The van der Waals surface area contributed by atoms with Crippen molar-refractivity contribution in [2.75, 3.05) is 17.6 Å². The minimum Gasteiger partial charge on any atom is -0.393 e. The molecule has 0 saturated heterocycles. The molecule has 7 heteroatoms. The molecular weight excluding hydrogens is 206 g/mol. The highest BCUT2D eigenvalue weighted by Crippen LogP contribution is 2.21. The summed E-state index contributed by atoms with van der Waals surface area (Å²) in [5, 5.41) is 3.01. The molecule has 1 rings (SSSR count). The van der Waals surface area contributed by atoms with Gasteiger partial charge < -0.3 is 16.8 Å². The Balaban J connectivity index is 2.59. The summed E-state index contributed by atoms with van der Waals surface area (Å²) >= 11 is 5.65. The highest BCUT2D eigenvalue weighted by molar-refractivity contribution is 6.32. The van der Waals surface area contributed by atoms with Crippen molar-refractivity contribution < 1.29 is 4.79 Å². The Morgan fingerprint density at radius 1 is 1.57 bits per heavy atom. The lowest BCUT2D eigenvalue weighted by atomic mass is 10.4. The Labute approximate surface area is 85.7 Å². The summed E-state index contributed by atoms with van der Waals surface area (Å²) in [6, 6.07) is 0. The molecular formula is C7H10ClN5O. The molecule has 1 aromatic heterocycles. The van der Waals surface area contributed by atoms with Gasteiger partial charge in [-0.3, -0.25) is 4.79 Å². The van der Waals surface area contributed by atoms with Crippen molar-refractivity contribution in [3.8, 4) is 0 Å². The van der Waals surface area contributed by atoms with E-state index in [0.717, 1.165) is 0 Å². The third-order valence-corrected chi connectivity index (χ3v) is 1.80. The van der Waals surface area contributed by atoms with Crippen LogP contribution >= 0.6 is 11.6 Å². The van der Waals surface area contributed by atoms with Crippen LogP contribution in [-0.2, 0) is 4.79 Å². The van der Waals surface area contributed by atoms with Crippen LogP contribution in [-0.4, -0.2) is 22.4 Å². The van der Waals surface area contributed by atoms with E-state index < -0.39 is 5.91 Å². The van der Waals surface area contributed by atoms with E-state index in [-0.39, 0.29) is 17.3 Å². The second-order valence-corrected chi connectivity index (χ2v) is 2.93. The molecule has 14 heavy (non-hydrogen) atoms. The van der Waals surface area contributed by atoms with E-state index in [1.165, 1.54) is 6.33 Å². The zero-order valence-electron chi connectivity index (χ0n) is 7.33. The number of nitrogens with zero attached hydrogens (tertiary/aromatic N) is 2. The van der Waals surface area contributed by atoms with Crippen molar-refractivity contribution in [2.45, 2.75) is 6.42 Å². The number of amides is 1. The van der Waals surface area contributed by atoms with Crippen LogP contribution in [0.3, 0.4) is 0 Å². The molecule has 0 aliphatic heterocycles. The maximum Gasteiger partial charge on any atom is 0.219 e. The smallest absolute Gasteiger partial charge is 0.219 e. The number of halogens is 1. The molecule has 0 aromatic carbocycles. The van der Waals surface area contributed by atoms with Gasteiger partial charge in [-0.15, -0.1) is 0 Å². The van der Waals surface area contributed by atoms with E-state index in [4.69, 9.17) is 23.1 Å². The fraction of sp³-hybridized carbons (Fsp3) is 0.286. The Bertz CT molecular complexity index is 343. The van der Waals surface area contributed by atoms with Gasteiger partial charge in [0.05, 0.1) is 0 Å². The molecule has 1 heterocycles. The maximum absolute atomic E-state index is 10.4. The zero-order valence-corrected chi connectivity index (χ0v) is 8.08. The van der Waals surface area contributed by atoms with Crippen LogP contribution in [0.1, 0.15) is 6.42 Å². The molecule has 0 bridgehead atoms. The Kier molecular flexibility index (Phi) is 3.47.